The summed E-state index contributed by atoms with van der Waals surface area (Å²) in [6, 6.07) is 15.5. The highest BCUT2D eigenvalue weighted by Gasteiger charge is 2.09. The molecule has 0 bridgehead atoms. The Labute approximate surface area is 145 Å². The number of carbonyl (C=O) groups excluding carboxylic acids is 1. The van der Waals surface area contributed by atoms with Crippen molar-refractivity contribution in [2.75, 3.05) is 6.61 Å². The molecule has 2 heterocycles. The first-order valence-electron chi connectivity index (χ1n) is 7.66. The molecule has 0 spiro atoms. The van der Waals surface area contributed by atoms with Gasteiger partial charge in [-0.15, -0.1) is 11.3 Å². The van der Waals surface area contributed by atoms with Gasteiger partial charge in [0.1, 0.15) is 5.75 Å². The molecule has 0 aliphatic carbocycles. The van der Waals surface area contributed by atoms with Crippen molar-refractivity contribution >= 4 is 17.2 Å². The van der Waals surface area contributed by atoms with Crippen LogP contribution in [0.2, 0.25) is 0 Å². The minimum absolute atomic E-state index is 0.00232. The minimum Gasteiger partial charge on any atom is -0.484 e. The maximum atomic E-state index is 12.0. The van der Waals surface area contributed by atoms with Crippen LogP contribution in [0.1, 0.15) is 11.1 Å². The van der Waals surface area contributed by atoms with E-state index in [2.05, 4.69) is 10.3 Å². The molecule has 0 saturated heterocycles. The highest BCUT2D eigenvalue weighted by Crippen LogP contribution is 2.25. The van der Waals surface area contributed by atoms with Gasteiger partial charge < -0.3 is 10.1 Å². The molecule has 0 unspecified atom stereocenters. The monoisotopic (exact) mass is 338 g/mol. The Morgan fingerprint density at radius 3 is 2.75 bits per heavy atom. The first kappa shape index (κ1) is 16.2. The first-order valence-corrected chi connectivity index (χ1v) is 8.54. The molecule has 1 N–H and O–H groups in total. The number of hydrogen-bond acceptors (Lipinski definition) is 4. The predicted molar refractivity (Wildman–Crippen MR) is 96.1 cm³/mol. The van der Waals surface area contributed by atoms with Gasteiger partial charge in [-0.1, -0.05) is 29.8 Å². The highest BCUT2D eigenvalue weighted by molar-refractivity contribution is 7.13. The Balaban J connectivity index is 1.56. The van der Waals surface area contributed by atoms with Gasteiger partial charge in [0, 0.05) is 12.7 Å². The molecule has 24 heavy (non-hydrogen) atoms. The van der Waals surface area contributed by atoms with Crippen molar-refractivity contribution in [1.82, 2.24) is 10.3 Å². The largest absolute Gasteiger partial charge is 0.484 e. The van der Waals surface area contributed by atoms with Crippen LogP contribution < -0.4 is 10.1 Å². The molecule has 0 radical (unpaired) electrons. The molecule has 0 fully saturated rings. The zero-order valence-electron chi connectivity index (χ0n) is 13.4. The number of aromatic nitrogens is 1. The maximum absolute atomic E-state index is 12.0. The van der Waals surface area contributed by atoms with E-state index in [-0.39, 0.29) is 12.5 Å². The second-order valence-electron chi connectivity index (χ2n) is 5.37. The smallest absolute Gasteiger partial charge is 0.258 e. The number of benzene rings is 1. The van der Waals surface area contributed by atoms with E-state index in [1.54, 1.807) is 17.5 Å². The lowest BCUT2D eigenvalue weighted by Gasteiger charge is -2.10. The molecule has 1 amide bonds. The molecule has 0 atom stereocenters. The summed E-state index contributed by atoms with van der Waals surface area (Å²) in [6.45, 7) is 2.43. The van der Waals surface area contributed by atoms with Crippen LogP contribution in [0.15, 0.2) is 60.1 Å². The fourth-order valence-corrected chi connectivity index (χ4v) is 3.00. The molecular formula is C19H18N2O2S. The quantitative estimate of drug-likeness (QED) is 0.743. The van der Waals surface area contributed by atoms with Gasteiger partial charge in [-0.25, -0.2) is 0 Å². The van der Waals surface area contributed by atoms with Crippen LogP contribution in [-0.4, -0.2) is 17.5 Å². The van der Waals surface area contributed by atoms with Crippen molar-refractivity contribution < 1.29 is 9.53 Å². The van der Waals surface area contributed by atoms with Crippen LogP contribution in [0.4, 0.5) is 0 Å². The second kappa shape index (κ2) is 7.75. The predicted octanol–water partition coefficient (Wildman–Crippen LogP) is 3.81. The molecule has 5 heteroatoms. The molecule has 0 aliphatic heterocycles. The van der Waals surface area contributed by atoms with E-state index in [9.17, 15) is 4.79 Å². The SMILES string of the molecule is Cc1ccc(OCC(=O)NCc2cccnc2-c2cccs2)cc1. The molecule has 2 aromatic heterocycles. The van der Waals surface area contributed by atoms with Crippen molar-refractivity contribution in [2.45, 2.75) is 13.5 Å². The van der Waals surface area contributed by atoms with Crippen molar-refractivity contribution in [3.8, 4) is 16.3 Å². The van der Waals surface area contributed by atoms with Crippen LogP contribution in [0.25, 0.3) is 10.6 Å². The van der Waals surface area contributed by atoms with Gasteiger partial charge in [0.2, 0.25) is 0 Å². The average Bonchev–Trinajstić information content (AvgIpc) is 3.14. The van der Waals surface area contributed by atoms with Crippen molar-refractivity contribution in [3.05, 3.63) is 71.2 Å². The summed E-state index contributed by atoms with van der Waals surface area (Å²) < 4.78 is 5.49. The summed E-state index contributed by atoms with van der Waals surface area (Å²) in [5, 5.41) is 4.90. The van der Waals surface area contributed by atoms with E-state index in [0.717, 1.165) is 21.7 Å². The van der Waals surface area contributed by atoms with E-state index in [4.69, 9.17) is 4.74 Å². The molecule has 3 aromatic rings. The maximum Gasteiger partial charge on any atom is 0.258 e. The highest BCUT2D eigenvalue weighted by atomic mass is 32.1. The fraction of sp³-hybridized carbons (Fsp3) is 0.158. The molecule has 0 aliphatic rings. The number of hydrogen-bond donors (Lipinski definition) is 1. The normalized spacial score (nSPS) is 10.4. The summed E-state index contributed by atoms with van der Waals surface area (Å²) in [5.41, 5.74) is 3.06. The van der Waals surface area contributed by atoms with Gasteiger partial charge in [0.15, 0.2) is 6.61 Å². The Morgan fingerprint density at radius 1 is 1.17 bits per heavy atom. The van der Waals surface area contributed by atoms with Crippen LogP contribution in [-0.2, 0) is 11.3 Å². The molecule has 4 nitrogen and oxygen atoms in total. The molecule has 122 valence electrons. The first-order chi connectivity index (χ1) is 11.7. The van der Waals surface area contributed by atoms with Crippen LogP contribution in [0, 0.1) is 6.92 Å². The Hall–Kier alpha value is -2.66. The number of pyridine rings is 1. The zero-order valence-corrected chi connectivity index (χ0v) is 14.2. The Bertz CT molecular complexity index is 798. The van der Waals surface area contributed by atoms with Crippen molar-refractivity contribution in [1.29, 1.82) is 0 Å². The van der Waals surface area contributed by atoms with Gasteiger partial charge in [0.25, 0.3) is 5.91 Å². The van der Waals surface area contributed by atoms with Crippen LogP contribution >= 0.6 is 11.3 Å². The molecule has 3 rings (SSSR count). The zero-order chi connectivity index (χ0) is 16.8. The van der Waals surface area contributed by atoms with Gasteiger partial charge in [-0.2, -0.15) is 0 Å². The van der Waals surface area contributed by atoms with E-state index in [0.29, 0.717) is 12.3 Å². The van der Waals surface area contributed by atoms with Gasteiger partial charge in [0.05, 0.1) is 10.6 Å². The number of rotatable bonds is 6. The number of ether oxygens (including phenoxy) is 1. The Morgan fingerprint density at radius 2 is 2.00 bits per heavy atom. The molecule has 1 aromatic carbocycles. The van der Waals surface area contributed by atoms with E-state index in [1.165, 1.54) is 0 Å². The second-order valence-corrected chi connectivity index (χ2v) is 6.31. The molecule has 0 saturated carbocycles. The van der Waals surface area contributed by atoms with Crippen LogP contribution in [0.5, 0.6) is 5.75 Å². The average molecular weight is 338 g/mol. The topological polar surface area (TPSA) is 51.2 Å². The lowest BCUT2D eigenvalue weighted by atomic mass is 10.1. The fourth-order valence-electron chi connectivity index (χ4n) is 2.24. The lowest BCUT2D eigenvalue weighted by molar-refractivity contribution is -0.123. The van der Waals surface area contributed by atoms with Gasteiger partial charge in [-0.3, -0.25) is 9.78 Å². The number of nitrogens with one attached hydrogen (secondary N) is 1. The van der Waals surface area contributed by atoms with Crippen molar-refractivity contribution in [2.24, 2.45) is 0 Å². The van der Waals surface area contributed by atoms with E-state index >= 15 is 0 Å². The summed E-state index contributed by atoms with van der Waals surface area (Å²) in [6.07, 6.45) is 1.76. The minimum atomic E-state index is -0.156. The molecular weight excluding hydrogens is 320 g/mol. The lowest BCUT2D eigenvalue weighted by Crippen LogP contribution is -2.28. The van der Waals surface area contributed by atoms with E-state index in [1.807, 2.05) is 60.8 Å². The third-order valence-electron chi connectivity index (χ3n) is 3.51. The Kier molecular flexibility index (Phi) is 5.23. The van der Waals surface area contributed by atoms with Gasteiger partial charge in [-0.05, 0) is 42.1 Å². The third-order valence-corrected chi connectivity index (χ3v) is 4.39. The summed E-state index contributed by atoms with van der Waals surface area (Å²) in [5.74, 6) is 0.535. The van der Waals surface area contributed by atoms with Crippen LogP contribution in [0.3, 0.4) is 0 Å². The summed E-state index contributed by atoms with van der Waals surface area (Å²) in [4.78, 5) is 17.5. The van der Waals surface area contributed by atoms with E-state index < -0.39 is 0 Å². The number of carbonyl (C=O) groups is 1. The number of thiophene rings is 1. The van der Waals surface area contributed by atoms with Crippen molar-refractivity contribution in [3.63, 3.8) is 0 Å². The number of nitrogens with zero attached hydrogens (tertiary/aromatic N) is 1. The van der Waals surface area contributed by atoms with Gasteiger partial charge >= 0.3 is 0 Å². The standard InChI is InChI=1S/C19H18N2O2S/c1-14-6-8-16(9-7-14)23-13-18(22)21-12-15-4-2-10-20-19(15)17-5-3-11-24-17/h2-11H,12-13H2,1H3,(H,21,22). The number of aryl methyl sites for hydroxylation is 1. The third kappa shape index (κ3) is 4.20. The summed E-state index contributed by atoms with van der Waals surface area (Å²) >= 11 is 1.63. The summed E-state index contributed by atoms with van der Waals surface area (Å²) in [7, 11) is 0. The number of amides is 1.